The second-order valence-corrected chi connectivity index (χ2v) is 4.07. The summed E-state index contributed by atoms with van der Waals surface area (Å²) in [6, 6.07) is 0. The van der Waals surface area contributed by atoms with Crippen LogP contribution in [0, 0.1) is 5.92 Å². The molecule has 0 amide bonds. The van der Waals surface area contributed by atoms with Gasteiger partial charge in [-0.2, -0.15) is 0 Å². The summed E-state index contributed by atoms with van der Waals surface area (Å²) in [5.41, 5.74) is 0. The Hall–Kier alpha value is -0.120. The van der Waals surface area contributed by atoms with E-state index in [0.717, 1.165) is 45.1 Å². The normalized spacial score (nSPS) is 22.5. The van der Waals surface area contributed by atoms with E-state index in [0.29, 0.717) is 6.61 Å². The van der Waals surface area contributed by atoms with Crippen LogP contribution in [-0.2, 0) is 4.74 Å². The van der Waals surface area contributed by atoms with E-state index in [1.165, 1.54) is 19.3 Å². The quantitative estimate of drug-likeness (QED) is 0.607. The van der Waals surface area contributed by atoms with E-state index in [9.17, 15) is 0 Å². The molecule has 1 aliphatic rings. The molecular weight excluding hydrogens is 178 g/mol. The lowest BCUT2D eigenvalue weighted by Crippen LogP contribution is -2.29. The largest absolute Gasteiger partial charge is 0.396 e. The maximum Gasteiger partial charge on any atom is 0.0506 e. The van der Waals surface area contributed by atoms with Gasteiger partial charge in [0, 0.05) is 19.8 Å². The lowest BCUT2D eigenvalue weighted by Gasteiger charge is -2.22. The monoisotopic (exact) mass is 201 g/mol. The van der Waals surface area contributed by atoms with Crippen LogP contribution in [0.3, 0.4) is 0 Å². The van der Waals surface area contributed by atoms with Gasteiger partial charge in [-0.3, -0.25) is 0 Å². The minimum absolute atomic E-state index is 0.330. The number of aliphatic hydroxyl groups is 1. The molecule has 1 aliphatic heterocycles. The number of hydrogen-bond donors (Lipinski definition) is 2. The van der Waals surface area contributed by atoms with Gasteiger partial charge >= 0.3 is 0 Å². The van der Waals surface area contributed by atoms with Gasteiger partial charge in [0.2, 0.25) is 0 Å². The Morgan fingerprint density at radius 1 is 1.29 bits per heavy atom. The molecule has 1 unspecified atom stereocenters. The highest BCUT2D eigenvalue weighted by Crippen LogP contribution is 2.11. The van der Waals surface area contributed by atoms with Gasteiger partial charge in [-0.1, -0.05) is 0 Å². The van der Waals surface area contributed by atoms with Gasteiger partial charge in [0.05, 0.1) is 6.61 Å². The van der Waals surface area contributed by atoms with Crippen molar-refractivity contribution in [3.8, 4) is 0 Å². The smallest absolute Gasteiger partial charge is 0.0506 e. The number of aliphatic hydroxyl groups excluding tert-OH is 1. The first-order chi connectivity index (χ1) is 6.93. The molecule has 0 radical (unpaired) electrons. The number of rotatable bonds is 7. The summed E-state index contributed by atoms with van der Waals surface area (Å²) in [5, 5.41) is 12.0. The van der Waals surface area contributed by atoms with Crippen LogP contribution in [0.15, 0.2) is 0 Å². The van der Waals surface area contributed by atoms with Crippen LogP contribution in [0.5, 0.6) is 0 Å². The molecule has 0 saturated carbocycles. The fourth-order valence-electron chi connectivity index (χ4n) is 1.81. The Morgan fingerprint density at radius 3 is 2.93 bits per heavy atom. The van der Waals surface area contributed by atoms with E-state index in [1.54, 1.807) is 0 Å². The van der Waals surface area contributed by atoms with Gasteiger partial charge in [0.25, 0.3) is 0 Å². The van der Waals surface area contributed by atoms with Crippen LogP contribution in [0.25, 0.3) is 0 Å². The van der Waals surface area contributed by atoms with Gasteiger partial charge in [0.15, 0.2) is 0 Å². The molecule has 0 bridgehead atoms. The zero-order valence-corrected chi connectivity index (χ0v) is 9.00. The highest BCUT2D eigenvalue weighted by molar-refractivity contribution is 4.65. The number of nitrogens with one attached hydrogen (secondary N) is 1. The summed E-state index contributed by atoms with van der Waals surface area (Å²) in [4.78, 5) is 0. The standard InChI is InChI=1S/C11H23NO2/c13-7-3-1-2-6-12-9-11-5-4-8-14-10-11/h11-13H,1-10H2. The Bertz CT molecular complexity index is 124. The molecule has 3 nitrogen and oxygen atoms in total. The zero-order chi connectivity index (χ0) is 10.1. The van der Waals surface area contributed by atoms with E-state index in [-0.39, 0.29) is 0 Å². The molecule has 14 heavy (non-hydrogen) atoms. The molecular formula is C11H23NO2. The summed E-state index contributed by atoms with van der Waals surface area (Å²) in [7, 11) is 0. The van der Waals surface area contributed by atoms with Crippen LogP contribution in [0.2, 0.25) is 0 Å². The molecule has 1 heterocycles. The van der Waals surface area contributed by atoms with Crippen molar-refractivity contribution in [1.82, 2.24) is 5.32 Å². The van der Waals surface area contributed by atoms with Crippen molar-refractivity contribution in [3.63, 3.8) is 0 Å². The second-order valence-electron chi connectivity index (χ2n) is 4.07. The third kappa shape index (κ3) is 5.58. The summed E-state index contributed by atoms with van der Waals surface area (Å²) < 4.78 is 5.40. The van der Waals surface area contributed by atoms with E-state index < -0.39 is 0 Å². The third-order valence-electron chi connectivity index (χ3n) is 2.70. The topological polar surface area (TPSA) is 41.5 Å². The Labute approximate surface area is 86.8 Å². The van der Waals surface area contributed by atoms with Crippen molar-refractivity contribution in [1.29, 1.82) is 0 Å². The Morgan fingerprint density at radius 2 is 2.21 bits per heavy atom. The minimum Gasteiger partial charge on any atom is -0.396 e. The summed E-state index contributed by atoms with van der Waals surface area (Å²) in [5.74, 6) is 0.724. The number of unbranched alkanes of at least 4 members (excludes halogenated alkanes) is 2. The lowest BCUT2D eigenvalue weighted by atomic mass is 10.0. The summed E-state index contributed by atoms with van der Waals surface area (Å²) in [6.07, 6.45) is 5.77. The van der Waals surface area contributed by atoms with Crippen molar-refractivity contribution < 1.29 is 9.84 Å². The van der Waals surface area contributed by atoms with Gasteiger partial charge in [-0.15, -0.1) is 0 Å². The third-order valence-corrected chi connectivity index (χ3v) is 2.70. The predicted octanol–water partition coefficient (Wildman–Crippen LogP) is 1.17. The molecule has 1 fully saturated rings. The lowest BCUT2D eigenvalue weighted by molar-refractivity contribution is 0.0549. The van der Waals surface area contributed by atoms with Crippen LogP contribution in [-0.4, -0.2) is 38.0 Å². The van der Waals surface area contributed by atoms with E-state index >= 15 is 0 Å². The predicted molar refractivity (Wildman–Crippen MR) is 57.3 cm³/mol. The zero-order valence-electron chi connectivity index (χ0n) is 9.00. The molecule has 0 aromatic heterocycles. The number of ether oxygens (including phenoxy) is 1. The van der Waals surface area contributed by atoms with E-state index in [4.69, 9.17) is 9.84 Å². The second kappa shape index (κ2) is 8.21. The van der Waals surface area contributed by atoms with E-state index in [2.05, 4.69) is 5.32 Å². The highest BCUT2D eigenvalue weighted by atomic mass is 16.5. The van der Waals surface area contributed by atoms with Crippen molar-refractivity contribution in [2.24, 2.45) is 5.92 Å². The van der Waals surface area contributed by atoms with Crippen molar-refractivity contribution in [3.05, 3.63) is 0 Å². The van der Waals surface area contributed by atoms with Crippen molar-refractivity contribution >= 4 is 0 Å². The van der Waals surface area contributed by atoms with Crippen LogP contribution in [0.1, 0.15) is 32.1 Å². The Kier molecular flexibility index (Phi) is 7.01. The molecule has 3 heteroatoms. The summed E-state index contributed by atoms with van der Waals surface area (Å²) in [6.45, 7) is 4.39. The maximum atomic E-state index is 8.59. The SMILES string of the molecule is OCCCCCNCC1CCCOC1. The fraction of sp³-hybridized carbons (Fsp3) is 1.00. The molecule has 1 atom stereocenters. The Balaban J connectivity index is 1.82. The van der Waals surface area contributed by atoms with Crippen molar-refractivity contribution in [2.45, 2.75) is 32.1 Å². The average Bonchev–Trinajstić information content (AvgIpc) is 2.25. The van der Waals surface area contributed by atoms with Crippen LogP contribution < -0.4 is 5.32 Å². The van der Waals surface area contributed by atoms with Gasteiger partial charge in [0.1, 0.15) is 0 Å². The molecule has 0 spiro atoms. The first-order valence-corrected chi connectivity index (χ1v) is 5.83. The first kappa shape index (κ1) is 12.0. The van der Waals surface area contributed by atoms with Gasteiger partial charge in [-0.25, -0.2) is 0 Å². The number of hydrogen-bond acceptors (Lipinski definition) is 3. The van der Waals surface area contributed by atoms with E-state index in [1.807, 2.05) is 0 Å². The minimum atomic E-state index is 0.330. The highest BCUT2D eigenvalue weighted by Gasteiger charge is 2.12. The van der Waals surface area contributed by atoms with Crippen LogP contribution >= 0.6 is 0 Å². The molecule has 1 saturated heterocycles. The first-order valence-electron chi connectivity index (χ1n) is 5.83. The van der Waals surface area contributed by atoms with Gasteiger partial charge < -0.3 is 15.2 Å². The average molecular weight is 201 g/mol. The molecule has 2 N–H and O–H groups in total. The molecule has 0 aromatic carbocycles. The molecule has 84 valence electrons. The van der Waals surface area contributed by atoms with Gasteiger partial charge in [-0.05, 0) is 44.6 Å². The van der Waals surface area contributed by atoms with Crippen molar-refractivity contribution in [2.75, 3.05) is 32.9 Å². The molecule has 0 aliphatic carbocycles. The van der Waals surface area contributed by atoms with Crippen LogP contribution in [0.4, 0.5) is 0 Å². The molecule has 1 rings (SSSR count). The maximum absolute atomic E-state index is 8.59. The fourth-order valence-corrected chi connectivity index (χ4v) is 1.81. The summed E-state index contributed by atoms with van der Waals surface area (Å²) >= 11 is 0. The molecule has 0 aromatic rings.